The van der Waals surface area contributed by atoms with Gasteiger partial charge in [0.2, 0.25) is 0 Å². The van der Waals surface area contributed by atoms with Gasteiger partial charge >= 0.3 is 0 Å². The predicted octanol–water partition coefficient (Wildman–Crippen LogP) is -0.0687. The summed E-state index contributed by atoms with van der Waals surface area (Å²) in [5.74, 6) is 0. The Bertz CT molecular complexity index is 120. The molecule has 1 saturated heterocycles. The molecule has 0 aromatic rings. The highest BCUT2D eigenvalue weighted by Gasteiger charge is 2.32. The topological polar surface area (TPSA) is 27.7 Å². The van der Waals surface area contributed by atoms with Crippen LogP contribution in [0.15, 0.2) is 0 Å². The van der Waals surface area contributed by atoms with E-state index in [9.17, 15) is 0 Å². The van der Waals surface area contributed by atoms with Crippen LogP contribution in [0.5, 0.6) is 0 Å². The van der Waals surface area contributed by atoms with Crippen molar-refractivity contribution in [1.82, 2.24) is 0 Å². The van der Waals surface area contributed by atoms with E-state index in [1.807, 2.05) is 0 Å². The molecule has 0 aromatic carbocycles. The van der Waals surface area contributed by atoms with Gasteiger partial charge in [0.05, 0.1) is 12.7 Å². The lowest BCUT2D eigenvalue weighted by Gasteiger charge is -2.15. The summed E-state index contributed by atoms with van der Waals surface area (Å²) >= 11 is 0. The van der Waals surface area contributed by atoms with Crippen LogP contribution in [0.2, 0.25) is 0 Å². The van der Waals surface area contributed by atoms with E-state index in [0.717, 1.165) is 6.42 Å². The summed E-state index contributed by atoms with van der Waals surface area (Å²) in [6.07, 6.45) is 0.842. The molecule has 0 saturated carbocycles. The SMILES string of the molecule is [B][C@H]1C[C@H](OC)[C@@H](COC)O1. The minimum absolute atomic E-state index is 0.000000000000000222. The lowest BCUT2D eigenvalue weighted by atomic mass is 9.96. The van der Waals surface area contributed by atoms with E-state index in [1.165, 1.54) is 0 Å². The fraction of sp³-hybridized carbons (Fsp3) is 1.00. The van der Waals surface area contributed by atoms with Gasteiger partial charge in [-0.15, -0.1) is 0 Å². The Kier molecular flexibility index (Phi) is 3.36. The number of methoxy groups -OCH3 is 2. The van der Waals surface area contributed by atoms with Gasteiger partial charge in [-0.1, -0.05) is 0 Å². The van der Waals surface area contributed by atoms with E-state index in [2.05, 4.69) is 0 Å². The van der Waals surface area contributed by atoms with Crippen molar-refractivity contribution in [2.45, 2.75) is 24.6 Å². The number of ether oxygens (including phenoxy) is 3. The molecule has 1 rings (SSSR count). The van der Waals surface area contributed by atoms with Crippen molar-refractivity contribution in [1.29, 1.82) is 0 Å². The lowest BCUT2D eigenvalue weighted by Crippen LogP contribution is -2.27. The molecule has 3 nitrogen and oxygen atoms in total. The first-order valence-corrected chi connectivity index (χ1v) is 3.70. The van der Waals surface area contributed by atoms with Crippen molar-refractivity contribution < 1.29 is 14.2 Å². The molecule has 1 fully saturated rings. The Morgan fingerprint density at radius 1 is 1.55 bits per heavy atom. The molecule has 0 spiro atoms. The van der Waals surface area contributed by atoms with E-state index >= 15 is 0 Å². The molecule has 2 radical (unpaired) electrons. The van der Waals surface area contributed by atoms with Crippen LogP contribution in [0.25, 0.3) is 0 Å². The molecule has 11 heavy (non-hydrogen) atoms. The normalized spacial score (nSPS) is 37.8. The van der Waals surface area contributed by atoms with Crippen molar-refractivity contribution in [3.05, 3.63) is 0 Å². The fourth-order valence-electron chi connectivity index (χ4n) is 1.31. The van der Waals surface area contributed by atoms with Gasteiger partial charge in [0.1, 0.15) is 14.0 Å². The zero-order valence-electron chi connectivity index (χ0n) is 6.95. The minimum atomic E-state index is -0.194. The number of rotatable bonds is 3. The van der Waals surface area contributed by atoms with Gasteiger partial charge in [0.15, 0.2) is 0 Å². The van der Waals surface area contributed by atoms with E-state index in [-0.39, 0.29) is 18.2 Å². The van der Waals surface area contributed by atoms with Crippen molar-refractivity contribution >= 4 is 7.85 Å². The van der Waals surface area contributed by atoms with E-state index < -0.39 is 0 Å². The molecule has 1 aliphatic heterocycles. The van der Waals surface area contributed by atoms with Crippen molar-refractivity contribution in [3.8, 4) is 0 Å². The third-order valence-electron chi connectivity index (χ3n) is 1.86. The first kappa shape index (κ1) is 9.04. The summed E-state index contributed by atoms with van der Waals surface area (Å²) in [6.45, 7) is 0.548. The highest BCUT2D eigenvalue weighted by atomic mass is 16.6. The molecule has 1 heterocycles. The molecule has 0 N–H and O–H groups in total. The molecule has 0 unspecified atom stereocenters. The molecular weight excluding hydrogens is 143 g/mol. The first-order valence-electron chi connectivity index (χ1n) is 3.70. The lowest BCUT2D eigenvalue weighted by molar-refractivity contribution is -0.0315. The van der Waals surface area contributed by atoms with Crippen LogP contribution >= 0.6 is 0 Å². The first-order chi connectivity index (χ1) is 5.27. The fourth-order valence-corrected chi connectivity index (χ4v) is 1.31. The number of hydrogen-bond donors (Lipinski definition) is 0. The second-order valence-corrected chi connectivity index (χ2v) is 2.68. The average molecular weight is 156 g/mol. The van der Waals surface area contributed by atoms with Crippen LogP contribution in [0.1, 0.15) is 6.42 Å². The second-order valence-electron chi connectivity index (χ2n) is 2.68. The van der Waals surface area contributed by atoms with Crippen LogP contribution < -0.4 is 0 Å². The number of hydrogen-bond acceptors (Lipinski definition) is 3. The Hall–Kier alpha value is -0.0551. The third-order valence-corrected chi connectivity index (χ3v) is 1.86. The molecule has 0 bridgehead atoms. The van der Waals surface area contributed by atoms with Gasteiger partial charge in [0.25, 0.3) is 0 Å². The molecule has 0 amide bonds. The second kappa shape index (κ2) is 4.09. The predicted molar refractivity (Wildman–Crippen MR) is 41.7 cm³/mol. The molecule has 1 aliphatic rings. The summed E-state index contributed by atoms with van der Waals surface area (Å²) in [5.41, 5.74) is 0. The maximum Gasteiger partial charge on any atom is 0.109 e. The van der Waals surface area contributed by atoms with E-state index in [1.54, 1.807) is 14.2 Å². The summed E-state index contributed by atoms with van der Waals surface area (Å²) in [6, 6.07) is -0.194. The minimum Gasteiger partial charge on any atom is -0.382 e. The van der Waals surface area contributed by atoms with Gasteiger partial charge < -0.3 is 14.2 Å². The van der Waals surface area contributed by atoms with Crippen LogP contribution in [-0.4, -0.2) is 46.9 Å². The standard InChI is InChI=1S/C7H13BO3/c1-9-4-6-5(10-2)3-7(8)11-6/h5-7H,3-4H2,1-2H3/t5-,6+,7+/m0/s1. The van der Waals surface area contributed by atoms with Crippen LogP contribution in [-0.2, 0) is 14.2 Å². The molecule has 4 heteroatoms. The Morgan fingerprint density at radius 2 is 2.27 bits per heavy atom. The van der Waals surface area contributed by atoms with Gasteiger partial charge in [-0.25, -0.2) is 0 Å². The molecular formula is C7H13BO3. The third kappa shape index (κ3) is 2.19. The summed E-state index contributed by atoms with van der Waals surface area (Å²) in [4.78, 5) is 0. The molecule has 0 aromatic heterocycles. The van der Waals surface area contributed by atoms with Gasteiger partial charge in [-0.3, -0.25) is 0 Å². The zero-order valence-corrected chi connectivity index (χ0v) is 6.95. The van der Waals surface area contributed by atoms with E-state index in [0.29, 0.717) is 6.61 Å². The summed E-state index contributed by atoms with van der Waals surface area (Å²) < 4.78 is 15.4. The van der Waals surface area contributed by atoms with Crippen LogP contribution in [0.4, 0.5) is 0 Å². The zero-order chi connectivity index (χ0) is 8.27. The maximum absolute atomic E-state index is 5.56. The van der Waals surface area contributed by atoms with Gasteiger partial charge in [-0.05, 0) is 6.42 Å². The maximum atomic E-state index is 5.56. The molecule has 3 atom stereocenters. The largest absolute Gasteiger partial charge is 0.382 e. The Balaban J connectivity index is 2.37. The Morgan fingerprint density at radius 3 is 2.82 bits per heavy atom. The molecule has 0 aliphatic carbocycles. The highest BCUT2D eigenvalue weighted by molar-refractivity contribution is 6.11. The van der Waals surface area contributed by atoms with Gasteiger partial charge in [0, 0.05) is 20.2 Å². The summed E-state index contributed by atoms with van der Waals surface area (Å²) in [5, 5.41) is 0. The van der Waals surface area contributed by atoms with Gasteiger partial charge in [-0.2, -0.15) is 0 Å². The Labute approximate surface area is 68.4 Å². The molecule has 62 valence electrons. The smallest absolute Gasteiger partial charge is 0.109 e. The van der Waals surface area contributed by atoms with Crippen molar-refractivity contribution in [2.75, 3.05) is 20.8 Å². The van der Waals surface area contributed by atoms with Crippen molar-refractivity contribution in [3.63, 3.8) is 0 Å². The quantitative estimate of drug-likeness (QED) is 0.535. The summed E-state index contributed by atoms with van der Waals surface area (Å²) in [7, 11) is 8.86. The van der Waals surface area contributed by atoms with Crippen molar-refractivity contribution in [2.24, 2.45) is 0 Å². The highest BCUT2D eigenvalue weighted by Crippen LogP contribution is 2.20. The van der Waals surface area contributed by atoms with Crippen LogP contribution in [0.3, 0.4) is 0 Å². The van der Waals surface area contributed by atoms with E-state index in [4.69, 9.17) is 22.1 Å². The van der Waals surface area contributed by atoms with Crippen LogP contribution in [0, 0.1) is 0 Å². The average Bonchev–Trinajstić information content (AvgIpc) is 2.32. The monoisotopic (exact) mass is 156 g/mol.